The maximum Gasteiger partial charge on any atom is 0.224 e. The summed E-state index contributed by atoms with van der Waals surface area (Å²) in [6.45, 7) is 12.4. The quantitative estimate of drug-likeness (QED) is 0.711. The molecule has 0 saturated heterocycles. The Morgan fingerprint density at radius 3 is 1.94 bits per heavy atom. The molecule has 0 aromatic carbocycles. The number of carbonyl (C=O) groups excluding carboxylic acids is 1. The van der Waals surface area contributed by atoms with E-state index < -0.39 is 0 Å². The minimum absolute atomic E-state index is 0.0225. The van der Waals surface area contributed by atoms with Crippen molar-refractivity contribution in [3.63, 3.8) is 0 Å². The number of hydrogen-bond donors (Lipinski definition) is 1. The molecule has 0 aliphatic heterocycles. The van der Waals surface area contributed by atoms with E-state index in [1.165, 1.54) is 0 Å². The second-order valence-corrected chi connectivity index (χ2v) is 5.84. The molecular formula is C14H30N2O. The van der Waals surface area contributed by atoms with Crippen molar-refractivity contribution in [2.45, 2.75) is 59.9 Å². The highest BCUT2D eigenvalue weighted by Gasteiger charge is 2.18. The van der Waals surface area contributed by atoms with E-state index >= 15 is 0 Å². The maximum absolute atomic E-state index is 12.1. The summed E-state index contributed by atoms with van der Waals surface area (Å²) >= 11 is 0. The first-order valence-electron chi connectivity index (χ1n) is 6.90. The summed E-state index contributed by atoms with van der Waals surface area (Å²) in [5.74, 6) is 1.24. The molecule has 0 spiro atoms. The normalized spacial score (nSPS) is 13.2. The van der Waals surface area contributed by atoms with E-state index in [9.17, 15) is 4.79 Å². The van der Waals surface area contributed by atoms with Crippen LogP contribution in [0.1, 0.15) is 53.9 Å². The fourth-order valence-corrected chi connectivity index (χ4v) is 1.99. The Bertz CT molecular complexity index is 204. The van der Waals surface area contributed by atoms with Crippen LogP contribution in [0, 0.1) is 11.8 Å². The number of nitrogens with two attached hydrogens (primary N) is 1. The van der Waals surface area contributed by atoms with Crippen LogP contribution in [0.3, 0.4) is 0 Å². The fourth-order valence-electron chi connectivity index (χ4n) is 1.99. The SMILES string of the molecule is CCCC(N)CC(=O)N(CC(C)C)CC(C)C. The van der Waals surface area contributed by atoms with Crippen LogP contribution in [0.5, 0.6) is 0 Å². The molecule has 0 heterocycles. The Labute approximate surface area is 107 Å². The van der Waals surface area contributed by atoms with Gasteiger partial charge < -0.3 is 10.6 Å². The van der Waals surface area contributed by atoms with E-state index in [4.69, 9.17) is 5.73 Å². The van der Waals surface area contributed by atoms with Crippen molar-refractivity contribution in [3.05, 3.63) is 0 Å². The minimum atomic E-state index is 0.0225. The summed E-state index contributed by atoms with van der Waals surface area (Å²) in [6, 6.07) is 0.0225. The predicted molar refractivity (Wildman–Crippen MR) is 73.8 cm³/mol. The van der Waals surface area contributed by atoms with Crippen LogP contribution >= 0.6 is 0 Å². The van der Waals surface area contributed by atoms with Gasteiger partial charge in [-0.25, -0.2) is 0 Å². The smallest absolute Gasteiger partial charge is 0.224 e. The van der Waals surface area contributed by atoms with Crippen molar-refractivity contribution in [2.24, 2.45) is 17.6 Å². The van der Waals surface area contributed by atoms with Crippen molar-refractivity contribution in [2.75, 3.05) is 13.1 Å². The molecule has 1 atom stereocenters. The highest BCUT2D eigenvalue weighted by atomic mass is 16.2. The molecule has 2 N–H and O–H groups in total. The Morgan fingerprint density at radius 2 is 1.59 bits per heavy atom. The second kappa shape index (κ2) is 8.51. The molecule has 102 valence electrons. The van der Waals surface area contributed by atoms with Crippen molar-refractivity contribution in [1.82, 2.24) is 4.90 Å². The molecule has 0 bridgehead atoms. The molecule has 0 aliphatic rings. The van der Waals surface area contributed by atoms with Crippen LogP contribution in [0.2, 0.25) is 0 Å². The molecular weight excluding hydrogens is 212 g/mol. The fraction of sp³-hybridized carbons (Fsp3) is 0.929. The summed E-state index contributed by atoms with van der Waals surface area (Å²) in [4.78, 5) is 14.1. The van der Waals surface area contributed by atoms with E-state index in [-0.39, 0.29) is 11.9 Å². The van der Waals surface area contributed by atoms with Crippen LogP contribution in [0.25, 0.3) is 0 Å². The van der Waals surface area contributed by atoms with E-state index in [0.717, 1.165) is 25.9 Å². The molecule has 0 aromatic heterocycles. The molecule has 0 saturated carbocycles. The first-order chi connectivity index (χ1) is 7.86. The Kier molecular flexibility index (Phi) is 8.23. The third-order valence-corrected chi connectivity index (χ3v) is 2.62. The highest BCUT2D eigenvalue weighted by molar-refractivity contribution is 5.76. The largest absolute Gasteiger partial charge is 0.342 e. The lowest BCUT2D eigenvalue weighted by molar-refractivity contribution is -0.132. The molecule has 0 rings (SSSR count). The van der Waals surface area contributed by atoms with Crippen LogP contribution in [-0.4, -0.2) is 29.9 Å². The van der Waals surface area contributed by atoms with Gasteiger partial charge in [-0.3, -0.25) is 4.79 Å². The Hall–Kier alpha value is -0.570. The molecule has 0 fully saturated rings. The first-order valence-corrected chi connectivity index (χ1v) is 6.90. The average Bonchev–Trinajstić information content (AvgIpc) is 2.15. The number of hydrogen-bond acceptors (Lipinski definition) is 2. The molecule has 0 aliphatic carbocycles. The topological polar surface area (TPSA) is 46.3 Å². The second-order valence-electron chi connectivity index (χ2n) is 5.84. The number of amides is 1. The summed E-state index contributed by atoms with van der Waals surface area (Å²) in [5, 5.41) is 0. The molecule has 3 heteroatoms. The monoisotopic (exact) mass is 242 g/mol. The van der Waals surface area contributed by atoms with Crippen molar-refractivity contribution in [3.8, 4) is 0 Å². The van der Waals surface area contributed by atoms with Gasteiger partial charge >= 0.3 is 0 Å². The van der Waals surface area contributed by atoms with E-state index in [2.05, 4.69) is 34.6 Å². The van der Waals surface area contributed by atoms with Crippen molar-refractivity contribution >= 4 is 5.91 Å². The van der Waals surface area contributed by atoms with Crippen LogP contribution in [0.15, 0.2) is 0 Å². The third-order valence-electron chi connectivity index (χ3n) is 2.62. The predicted octanol–water partition coefficient (Wildman–Crippen LogP) is 2.64. The lowest BCUT2D eigenvalue weighted by Crippen LogP contribution is -2.40. The van der Waals surface area contributed by atoms with Gasteiger partial charge in [0.1, 0.15) is 0 Å². The van der Waals surface area contributed by atoms with Gasteiger partial charge in [-0.05, 0) is 18.3 Å². The third kappa shape index (κ3) is 8.19. The van der Waals surface area contributed by atoms with E-state index in [1.54, 1.807) is 0 Å². The van der Waals surface area contributed by atoms with Gasteiger partial charge in [0, 0.05) is 25.6 Å². The summed E-state index contributed by atoms with van der Waals surface area (Å²) < 4.78 is 0. The van der Waals surface area contributed by atoms with Gasteiger partial charge in [0.15, 0.2) is 0 Å². The summed E-state index contributed by atoms with van der Waals surface area (Å²) in [5.41, 5.74) is 5.94. The lowest BCUT2D eigenvalue weighted by Gasteiger charge is -2.27. The number of carbonyl (C=O) groups is 1. The van der Waals surface area contributed by atoms with Gasteiger partial charge in [0.05, 0.1) is 0 Å². The van der Waals surface area contributed by atoms with Crippen molar-refractivity contribution < 1.29 is 4.79 Å². The molecule has 17 heavy (non-hydrogen) atoms. The molecule has 1 unspecified atom stereocenters. The zero-order valence-electron chi connectivity index (χ0n) is 12.2. The zero-order chi connectivity index (χ0) is 13.4. The minimum Gasteiger partial charge on any atom is -0.342 e. The molecule has 0 radical (unpaired) electrons. The van der Waals surface area contributed by atoms with Gasteiger partial charge in [-0.1, -0.05) is 41.0 Å². The van der Waals surface area contributed by atoms with Crippen LogP contribution < -0.4 is 5.73 Å². The van der Waals surface area contributed by atoms with E-state index in [1.807, 2.05) is 4.90 Å². The first kappa shape index (κ1) is 16.4. The standard InChI is InChI=1S/C14H30N2O/c1-6-7-13(15)8-14(17)16(9-11(2)3)10-12(4)5/h11-13H,6-10,15H2,1-5H3. The Balaban J connectivity index is 4.30. The van der Waals surface area contributed by atoms with Gasteiger partial charge in [-0.2, -0.15) is 0 Å². The lowest BCUT2D eigenvalue weighted by atomic mass is 10.1. The maximum atomic E-state index is 12.1. The highest BCUT2D eigenvalue weighted by Crippen LogP contribution is 2.08. The Morgan fingerprint density at radius 1 is 1.12 bits per heavy atom. The molecule has 3 nitrogen and oxygen atoms in total. The molecule has 1 amide bonds. The average molecular weight is 242 g/mol. The van der Waals surface area contributed by atoms with Crippen LogP contribution in [0.4, 0.5) is 0 Å². The van der Waals surface area contributed by atoms with E-state index in [0.29, 0.717) is 18.3 Å². The van der Waals surface area contributed by atoms with Crippen LogP contribution in [-0.2, 0) is 4.79 Å². The number of rotatable bonds is 8. The summed E-state index contributed by atoms with van der Waals surface area (Å²) in [6.07, 6.45) is 2.47. The summed E-state index contributed by atoms with van der Waals surface area (Å²) in [7, 11) is 0. The number of nitrogens with zero attached hydrogens (tertiary/aromatic N) is 1. The zero-order valence-corrected chi connectivity index (χ0v) is 12.2. The van der Waals surface area contributed by atoms with Gasteiger partial charge in [0.25, 0.3) is 0 Å². The van der Waals surface area contributed by atoms with Gasteiger partial charge in [-0.15, -0.1) is 0 Å². The molecule has 0 aromatic rings. The van der Waals surface area contributed by atoms with Crippen molar-refractivity contribution in [1.29, 1.82) is 0 Å². The van der Waals surface area contributed by atoms with Gasteiger partial charge in [0.2, 0.25) is 5.91 Å².